The quantitative estimate of drug-likeness (QED) is 0.161. The third-order valence-corrected chi connectivity index (χ3v) is 9.11. The van der Waals surface area contributed by atoms with Crippen LogP contribution in [-0.2, 0) is 38.2 Å². The summed E-state index contributed by atoms with van der Waals surface area (Å²) in [6.07, 6.45) is 13.6. The van der Waals surface area contributed by atoms with Gasteiger partial charge in [-0.15, -0.1) is 0 Å². The molecule has 0 aromatic carbocycles. The summed E-state index contributed by atoms with van der Waals surface area (Å²) in [4.78, 5) is 65.1. The summed E-state index contributed by atoms with van der Waals surface area (Å²) in [6, 6.07) is 0. The lowest BCUT2D eigenvalue weighted by Crippen LogP contribution is -2.59. The topological polar surface area (TPSA) is 133 Å². The van der Waals surface area contributed by atoms with E-state index < -0.39 is 53.5 Å². The number of unbranched alkanes of at least 4 members (excludes halogenated alkanes) is 3. The molecule has 5 bridgehead atoms. The fourth-order valence-electron chi connectivity index (χ4n) is 7.40. The van der Waals surface area contributed by atoms with Crippen molar-refractivity contribution in [1.29, 1.82) is 0 Å². The van der Waals surface area contributed by atoms with Crippen LogP contribution in [0.2, 0.25) is 0 Å². The van der Waals surface area contributed by atoms with Crippen LogP contribution in [0.5, 0.6) is 0 Å². The monoisotopic (exact) mass is 552 g/mol. The van der Waals surface area contributed by atoms with E-state index in [0.29, 0.717) is 18.4 Å². The Balaban J connectivity index is 1.60. The van der Waals surface area contributed by atoms with Crippen LogP contribution >= 0.6 is 0 Å². The van der Waals surface area contributed by atoms with Crippen molar-refractivity contribution < 1.29 is 43.3 Å². The number of ketones is 1. The number of esters is 3. The van der Waals surface area contributed by atoms with Crippen molar-refractivity contribution in [2.24, 2.45) is 23.2 Å². The average molecular weight is 553 g/mol. The molecule has 3 aliphatic heterocycles. The third kappa shape index (κ3) is 4.48. The smallest absolute Gasteiger partial charge is 0.343 e. The predicted octanol–water partition coefficient (Wildman–Crippen LogP) is 4.51. The van der Waals surface area contributed by atoms with Crippen LogP contribution in [0.1, 0.15) is 78.1 Å². The maximum atomic E-state index is 13.7. The second-order valence-corrected chi connectivity index (χ2v) is 11.5. The van der Waals surface area contributed by atoms with Gasteiger partial charge in [0.15, 0.2) is 5.78 Å². The van der Waals surface area contributed by atoms with Gasteiger partial charge in [-0.25, -0.2) is 9.59 Å². The summed E-state index contributed by atoms with van der Waals surface area (Å²) < 4.78 is 17.4. The summed E-state index contributed by atoms with van der Waals surface area (Å²) in [5, 5.41) is 9.90. The lowest BCUT2D eigenvalue weighted by Gasteiger charge is -2.52. The minimum atomic E-state index is -1.82. The molecule has 6 atom stereocenters. The molecule has 2 aliphatic carbocycles. The van der Waals surface area contributed by atoms with E-state index in [4.69, 9.17) is 14.2 Å². The summed E-state index contributed by atoms with van der Waals surface area (Å²) in [7, 11) is 0. The Bertz CT molecular complexity index is 1250. The lowest BCUT2D eigenvalue weighted by atomic mass is 9.59. The summed E-state index contributed by atoms with van der Waals surface area (Å²) in [5.41, 5.74) is -1.25. The minimum absolute atomic E-state index is 0.0270. The van der Waals surface area contributed by atoms with Gasteiger partial charge in [-0.3, -0.25) is 14.4 Å². The summed E-state index contributed by atoms with van der Waals surface area (Å²) in [5.74, 6) is -7.03. The van der Waals surface area contributed by atoms with Crippen LogP contribution in [-0.4, -0.2) is 46.7 Å². The summed E-state index contributed by atoms with van der Waals surface area (Å²) >= 11 is 0. The van der Waals surface area contributed by atoms with E-state index in [2.05, 4.69) is 6.08 Å². The van der Waals surface area contributed by atoms with Gasteiger partial charge in [0.25, 0.3) is 0 Å². The van der Waals surface area contributed by atoms with Gasteiger partial charge in [0.2, 0.25) is 5.79 Å². The van der Waals surface area contributed by atoms with Crippen molar-refractivity contribution in [3.63, 3.8) is 0 Å². The fraction of sp³-hybridized carbons (Fsp3) is 0.581. The predicted molar refractivity (Wildman–Crippen MR) is 141 cm³/mol. The zero-order chi connectivity index (χ0) is 28.7. The van der Waals surface area contributed by atoms with Crippen LogP contribution in [0.25, 0.3) is 0 Å². The van der Waals surface area contributed by atoms with Crippen molar-refractivity contribution in [3.8, 4) is 0 Å². The lowest BCUT2D eigenvalue weighted by molar-refractivity contribution is -0.268. The molecule has 1 spiro atoms. The van der Waals surface area contributed by atoms with E-state index in [0.717, 1.165) is 32.1 Å². The highest BCUT2D eigenvalue weighted by atomic mass is 16.7. The molecule has 9 heteroatoms. The maximum Gasteiger partial charge on any atom is 0.343 e. The van der Waals surface area contributed by atoms with Crippen LogP contribution < -0.4 is 0 Å². The Morgan fingerprint density at radius 3 is 2.52 bits per heavy atom. The molecule has 9 nitrogen and oxygen atoms in total. The molecule has 0 saturated carbocycles. The number of ether oxygens (including phenoxy) is 3. The first-order chi connectivity index (χ1) is 19.2. The van der Waals surface area contributed by atoms with Gasteiger partial charge >= 0.3 is 23.9 Å². The number of carbonyl (C=O) groups excluding carboxylic acids is 4. The van der Waals surface area contributed by atoms with Gasteiger partial charge in [-0.2, -0.15) is 0 Å². The maximum absolute atomic E-state index is 13.7. The van der Waals surface area contributed by atoms with Gasteiger partial charge in [0, 0.05) is 18.4 Å². The standard InChI is InChI=1S/C31H36O9/c1-3-5-7-8-9-11-12-18-14-23-30(17-24(33)34)16-20-25(28(36)38-27(20)35)26-19(18)15-22(21(32)13-10-6-4-2)39-31(23,26)40-29(30)37/h3-6,14,18-19,22,26H,7-13,15-17H2,1-2H3,(H,33,34)/b5-3+,6-4+/t18-,19?,22-,26?,30-,31+/m1/s1. The number of rotatable bonds is 12. The fourth-order valence-corrected chi connectivity index (χ4v) is 7.40. The summed E-state index contributed by atoms with van der Waals surface area (Å²) in [6.45, 7) is 3.86. The second-order valence-electron chi connectivity index (χ2n) is 11.5. The number of allylic oxidation sites excluding steroid dienone is 5. The average Bonchev–Trinajstić information content (AvgIpc) is 3.25. The first-order valence-corrected chi connectivity index (χ1v) is 14.3. The Labute approximate surface area is 233 Å². The van der Waals surface area contributed by atoms with Crippen molar-refractivity contribution >= 4 is 29.7 Å². The third-order valence-electron chi connectivity index (χ3n) is 9.11. The van der Waals surface area contributed by atoms with E-state index in [1.54, 1.807) is 0 Å². The first kappa shape index (κ1) is 28.2. The number of carboxylic acid groups (broad SMARTS) is 1. The zero-order valence-electron chi connectivity index (χ0n) is 23.0. The van der Waals surface area contributed by atoms with Crippen LogP contribution in [0, 0.1) is 23.2 Å². The van der Waals surface area contributed by atoms with E-state index in [-0.39, 0.29) is 41.6 Å². The van der Waals surface area contributed by atoms with Gasteiger partial charge in [0.05, 0.1) is 23.5 Å². The Morgan fingerprint density at radius 2 is 1.80 bits per heavy atom. The zero-order valence-corrected chi connectivity index (χ0v) is 23.0. The minimum Gasteiger partial charge on any atom is -0.481 e. The van der Waals surface area contributed by atoms with Crippen molar-refractivity contribution in [3.05, 3.63) is 47.1 Å². The molecule has 0 radical (unpaired) electrons. The molecular formula is C31H36O9. The molecule has 1 N–H and O–H groups in total. The molecule has 5 aliphatic rings. The number of Topliss-reactive ketones (excluding diaryl/α,β-unsaturated/α-hetero) is 1. The molecule has 0 aromatic rings. The van der Waals surface area contributed by atoms with Crippen molar-refractivity contribution in [1.82, 2.24) is 0 Å². The van der Waals surface area contributed by atoms with E-state index in [1.165, 1.54) is 0 Å². The van der Waals surface area contributed by atoms with Gasteiger partial charge in [-0.05, 0) is 57.8 Å². The molecular weight excluding hydrogens is 516 g/mol. The molecule has 0 aromatic heterocycles. The van der Waals surface area contributed by atoms with E-state index in [9.17, 15) is 29.1 Å². The normalized spacial score (nSPS) is 34.1. The molecule has 5 rings (SSSR count). The highest BCUT2D eigenvalue weighted by Gasteiger charge is 2.75. The number of hydrogen-bond acceptors (Lipinski definition) is 8. The number of hydrogen-bond donors (Lipinski definition) is 1. The molecule has 214 valence electrons. The molecule has 0 amide bonds. The number of aliphatic carboxylic acids is 1. The van der Waals surface area contributed by atoms with Crippen LogP contribution in [0.4, 0.5) is 0 Å². The first-order valence-electron chi connectivity index (χ1n) is 14.3. The molecule has 3 heterocycles. The molecule has 2 saturated heterocycles. The Morgan fingerprint density at radius 1 is 1.05 bits per heavy atom. The van der Waals surface area contributed by atoms with E-state index in [1.807, 2.05) is 38.2 Å². The van der Waals surface area contributed by atoms with E-state index >= 15 is 0 Å². The van der Waals surface area contributed by atoms with Crippen molar-refractivity contribution in [2.75, 3.05) is 0 Å². The van der Waals surface area contributed by atoms with Gasteiger partial charge in [-0.1, -0.05) is 43.2 Å². The van der Waals surface area contributed by atoms with Gasteiger partial charge < -0.3 is 19.3 Å². The van der Waals surface area contributed by atoms with Gasteiger partial charge in [0.1, 0.15) is 11.5 Å². The number of carboxylic acids is 1. The molecule has 40 heavy (non-hydrogen) atoms. The SMILES string of the molecule is C/C=C/CCCCC[C@@H]1C=C2[C@]3(CC(=O)O)CC4=C(C(=O)OC4=O)C4C1C[C@H](C(=O)CC/C=C/C)O[C@]24OC3=O. The Kier molecular flexibility index (Phi) is 7.70. The molecule has 2 fully saturated rings. The van der Waals surface area contributed by atoms with Crippen LogP contribution in [0.3, 0.4) is 0 Å². The van der Waals surface area contributed by atoms with Crippen molar-refractivity contribution in [2.45, 2.75) is 89.9 Å². The Hall–Kier alpha value is -3.33. The van der Waals surface area contributed by atoms with Crippen LogP contribution in [0.15, 0.2) is 47.1 Å². The highest BCUT2D eigenvalue weighted by molar-refractivity contribution is 6.14. The highest BCUT2D eigenvalue weighted by Crippen LogP contribution is 2.67. The largest absolute Gasteiger partial charge is 0.481 e. The second kappa shape index (κ2) is 10.9. The number of carbonyl (C=O) groups is 5. The number of cyclic esters (lactones) is 2. The molecule has 2 unspecified atom stereocenters.